The normalized spacial score (nSPS) is 22.4. The number of hydrogen-bond acceptors (Lipinski definition) is 3. The molecule has 5 heteroatoms. The van der Waals surface area contributed by atoms with Crippen molar-refractivity contribution in [1.82, 2.24) is 10.2 Å². The quantitative estimate of drug-likeness (QED) is 0.669. The predicted octanol–water partition coefficient (Wildman–Crippen LogP) is 3.27. The lowest BCUT2D eigenvalue weighted by atomic mass is 9.85. The lowest BCUT2D eigenvalue weighted by Gasteiger charge is -2.32. The van der Waals surface area contributed by atoms with Gasteiger partial charge in [-0.15, -0.1) is 0 Å². The van der Waals surface area contributed by atoms with Crippen molar-refractivity contribution < 1.29 is 9.59 Å². The van der Waals surface area contributed by atoms with Crippen molar-refractivity contribution >= 4 is 11.8 Å². The topological polar surface area (TPSA) is 75.4 Å². The van der Waals surface area contributed by atoms with Gasteiger partial charge in [0.1, 0.15) is 0 Å². The van der Waals surface area contributed by atoms with E-state index in [2.05, 4.69) is 17.4 Å². The molecule has 0 atom stereocenters. The van der Waals surface area contributed by atoms with E-state index < -0.39 is 0 Å². The molecule has 2 amide bonds. The molecule has 0 aliphatic heterocycles. The smallest absolute Gasteiger partial charge is 0.225 e. The number of rotatable bonds is 9. The number of hydrogen-bond donors (Lipinski definition) is 2. The van der Waals surface area contributed by atoms with Crippen LogP contribution in [0.15, 0.2) is 30.3 Å². The van der Waals surface area contributed by atoms with Crippen molar-refractivity contribution in [2.45, 2.75) is 70.3 Å². The Kier molecular flexibility index (Phi) is 8.53. The SMILES string of the molecule is NCCN(CCc1ccccc1)C(=O)C1CCC(NC(=O)CC2CCCC2)CC1. The summed E-state index contributed by atoms with van der Waals surface area (Å²) >= 11 is 0. The van der Waals surface area contributed by atoms with Gasteiger partial charge in [-0.05, 0) is 56.4 Å². The van der Waals surface area contributed by atoms with Gasteiger partial charge in [-0.2, -0.15) is 0 Å². The Balaban J connectivity index is 1.42. The fourth-order valence-electron chi connectivity index (χ4n) is 4.90. The molecule has 1 aromatic rings. The van der Waals surface area contributed by atoms with E-state index in [4.69, 9.17) is 5.73 Å². The summed E-state index contributed by atoms with van der Waals surface area (Å²) in [4.78, 5) is 27.3. The lowest BCUT2D eigenvalue weighted by molar-refractivity contribution is -0.136. The van der Waals surface area contributed by atoms with Crippen molar-refractivity contribution in [2.75, 3.05) is 19.6 Å². The average Bonchev–Trinajstić information content (AvgIpc) is 3.25. The van der Waals surface area contributed by atoms with Gasteiger partial charge in [0, 0.05) is 38.0 Å². The lowest BCUT2D eigenvalue weighted by Crippen LogP contribution is -2.44. The van der Waals surface area contributed by atoms with Crippen LogP contribution in [0.3, 0.4) is 0 Å². The van der Waals surface area contributed by atoms with Crippen LogP contribution >= 0.6 is 0 Å². The molecule has 5 nitrogen and oxygen atoms in total. The molecule has 2 saturated carbocycles. The van der Waals surface area contributed by atoms with Crippen molar-refractivity contribution in [3.05, 3.63) is 35.9 Å². The highest BCUT2D eigenvalue weighted by Gasteiger charge is 2.30. The Morgan fingerprint density at radius 1 is 0.966 bits per heavy atom. The number of nitrogens with one attached hydrogen (secondary N) is 1. The Morgan fingerprint density at radius 2 is 1.66 bits per heavy atom. The molecule has 29 heavy (non-hydrogen) atoms. The molecule has 0 spiro atoms. The molecule has 0 heterocycles. The summed E-state index contributed by atoms with van der Waals surface area (Å²) < 4.78 is 0. The third-order valence-corrected chi connectivity index (χ3v) is 6.61. The van der Waals surface area contributed by atoms with Gasteiger partial charge < -0.3 is 16.0 Å². The number of benzene rings is 1. The van der Waals surface area contributed by atoms with Crippen LogP contribution in [0.1, 0.15) is 63.4 Å². The maximum absolute atomic E-state index is 13.1. The first-order valence-electron chi connectivity index (χ1n) is 11.5. The first-order valence-corrected chi connectivity index (χ1v) is 11.5. The van der Waals surface area contributed by atoms with Crippen LogP contribution in [0, 0.1) is 11.8 Å². The van der Waals surface area contributed by atoms with Crippen LogP contribution in [0.4, 0.5) is 0 Å². The predicted molar refractivity (Wildman–Crippen MR) is 116 cm³/mol. The average molecular weight is 400 g/mol. The largest absolute Gasteiger partial charge is 0.353 e. The van der Waals surface area contributed by atoms with Crippen LogP contribution in [0.5, 0.6) is 0 Å². The standard InChI is InChI=1S/C24H37N3O2/c25-15-17-27(16-14-19-6-2-1-3-7-19)24(29)21-10-12-22(13-11-21)26-23(28)18-20-8-4-5-9-20/h1-3,6-7,20-22H,4-5,8-18,25H2,(H,26,28). The maximum atomic E-state index is 13.1. The van der Waals surface area contributed by atoms with Crippen LogP contribution in [0.2, 0.25) is 0 Å². The third-order valence-electron chi connectivity index (χ3n) is 6.61. The molecule has 0 saturated heterocycles. The van der Waals surface area contributed by atoms with Crippen LogP contribution < -0.4 is 11.1 Å². The molecule has 3 rings (SSSR count). The van der Waals surface area contributed by atoms with Gasteiger partial charge in [-0.1, -0.05) is 43.2 Å². The Labute approximate surface area is 175 Å². The van der Waals surface area contributed by atoms with Crippen LogP contribution in [-0.4, -0.2) is 42.4 Å². The van der Waals surface area contributed by atoms with E-state index >= 15 is 0 Å². The molecule has 3 N–H and O–H groups in total. The highest BCUT2D eigenvalue weighted by Crippen LogP contribution is 2.29. The number of amides is 2. The van der Waals surface area contributed by atoms with E-state index in [1.165, 1.54) is 31.2 Å². The van der Waals surface area contributed by atoms with Gasteiger partial charge in [-0.3, -0.25) is 9.59 Å². The van der Waals surface area contributed by atoms with Crippen molar-refractivity contribution in [3.8, 4) is 0 Å². The summed E-state index contributed by atoms with van der Waals surface area (Å²) in [6.45, 7) is 1.83. The van der Waals surface area contributed by atoms with E-state index in [1.54, 1.807) is 0 Å². The highest BCUT2D eigenvalue weighted by molar-refractivity contribution is 5.79. The number of nitrogens with zero attached hydrogens (tertiary/aromatic N) is 1. The number of carbonyl (C=O) groups excluding carboxylic acids is 2. The van der Waals surface area contributed by atoms with E-state index in [-0.39, 0.29) is 23.8 Å². The summed E-state index contributed by atoms with van der Waals surface area (Å²) in [5.41, 5.74) is 7.01. The summed E-state index contributed by atoms with van der Waals surface area (Å²) in [5.74, 6) is 1.10. The molecular formula is C24H37N3O2. The Bertz CT molecular complexity index is 635. The zero-order chi connectivity index (χ0) is 20.5. The molecule has 2 aliphatic carbocycles. The summed E-state index contributed by atoms with van der Waals surface area (Å²) in [5, 5.41) is 3.22. The molecule has 2 fully saturated rings. The molecule has 0 bridgehead atoms. The second-order valence-electron chi connectivity index (χ2n) is 8.82. The van der Waals surface area contributed by atoms with Crippen molar-refractivity contribution in [2.24, 2.45) is 17.6 Å². The monoisotopic (exact) mass is 399 g/mol. The van der Waals surface area contributed by atoms with Gasteiger partial charge in [-0.25, -0.2) is 0 Å². The molecule has 1 aromatic carbocycles. The zero-order valence-electron chi connectivity index (χ0n) is 17.7. The maximum Gasteiger partial charge on any atom is 0.225 e. The van der Waals surface area contributed by atoms with Gasteiger partial charge in [0.2, 0.25) is 11.8 Å². The summed E-state index contributed by atoms with van der Waals surface area (Å²) in [6, 6.07) is 10.5. The first-order chi connectivity index (χ1) is 14.2. The minimum Gasteiger partial charge on any atom is -0.353 e. The summed E-state index contributed by atoms with van der Waals surface area (Å²) in [6.07, 6.45) is 10.0. The molecule has 160 valence electrons. The fraction of sp³-hybridized carbons (Fsp3) is 0.667. The fourth-order valence-corrected chi connectivity index (χ4v) is 4.90. The van der Waals surface area contributed by atoms with Gasteiger partial charge >= 0.3 is 0 Å². The third kappa shape index (κ3) is 6.84. The second-order valence-corrected chi connectivity index (χ2v) is 8.82. The van der Waals surface area contributed by atoms with Crippen molar-refractivity contribution in [1.29, 1.82) is 0 Å². The van der Waals surface area contributed by atoms with Crippen LogP contribution in [-0.2, 0) is 16.0 Å². The Hall–Kier alpha value is -1.88. The molecular weight excluding hydrogens is 362 g/mol. The van der Waals surface area contributed by atoms with E-state index in [0.717, 1.165) is 38.6 Å². The highest BCUT2D eigenvalue weighted by atomic mass is 16.2. The minimum atomic E-state index is 0.0697. The zero-order valence-corrected chi connectivity index (χ0v) is 17.7. The van der Waals surface area contributed by atoms with Crippen LogP contribution in [0.25, 0.3) is 0 Å². The van der Waals surface area contributed by atoms with Gasteiger partial charge in [0.25, 0.3) is 0 Å². The van der Waals surface area contributed by atoms with E-state index in [1.807, 2.05) is 23.1 Å². The molecule has 2 aliphatic rings. The van der Waals surface area contributed by atoms with E-state index in [0.29, 0.717) is 25.4 Å². The Morgan fingerprint density at radius 3 is 2.31 bits per heavy atom. The second kappa shape index (κ2) is 11.3. The van der Waals surface area contributed by atoms with Gasteiger partial charge in [0.05, 0.1) is 0 Å². The first kappa shape index (κ1) is 21.8. The van der Waals surface area contributed by atoms with Crippen molar-refractivity contribution in [3.63, 3.8) is 0 Å². The van der Waals surface area contributed by atoms with Gasteiger partial charge in [0.15, 0.2) is 0 Å². The minimum absolute atomic E-state index is 0.0697. The molecule has 0 radical (unpaired) electrons. The number of nitrogens with two attached hydrogens (primary N) is 1. The summed E-state index contributed by atoms with van der Waals surface area (Å²) in [7, 11) is 0. The van der Waals surface area contributed by atoms with E-state index in [9.17, 15) is 9.59 Å². The number of carbonyl (C=O) groups is 2. The molecule has 0 unspecified atom stereocenters. The molecule has 0 aromatic heterocycles.